The molecule has 28 heavy (non-hydrogen) atoms. The van der Waals surface area contributed by atoms with E-state index in [4.69, 9.17) is 0 Å². The van der Waals surface area contributed by atoms with Crippen LogP contribution in [0.15, 0.2) is 0 Å². The van der Waals surface area contributed by atoms with Crippen LogP contribution in [-0.4, -0.2) is 36.2 Å². The molecule has 0 aromatic carbocycles. The SMILES string of the molecule is CCCC[C@@H](CC)C[C@@H](CC)CN(CCO)C[C@@H](CC)C[C@@H](CC)CCCC. The van der Waals surface area contributed by atoms with Gasteiger partial charge in [0.25, 0.3) is 0 Å². The van der Waals surface area contributed by atoms with Crippen LogP contribution in [-0.2, 0) is 0 Å². The van der Waals surface area contributed by atoms with Crippen molar-refractivity contribution in [1.29, 1.82) is 0 Å². The fourth-order valence-corrected chi connectivity index (χ4v) is 4.78. The van der Waals surface area contributed by atoms with E-state index in [2.05, 4.69) is 46.4 Å². The second-order valence-corrected chi connectivity index (χ2v) is 9.34. The highest BCUT2D eigenvalue weighted by Gasteiger charge is 2.21. The van der Waals surface area contributed by atoms with Gasteiger partial charge in [0.1, 0.15) is 0 Å². The van der Waals surface area contributed by atoms with E-state index in [0.717, 1.165) is 30.2 Å². The molecular formula is C26H55NO. The van der Waals surface area contributed by atoms with Gasteiger partial charge in [-0.15, -0.1) is 0 Å². The maximum atomic E-state index is 9.65. The molecule has 4 atom stereocenters. The zero-order chi connectivity index (χ0) is 21.2. The first-order chi connectivity index (χ1) is 13.6. The van der Waals surface area contributed by atoms with E-state index in [-0.39, 0.29) is 0 Å². The summed E-state index contributed by atoms with van der Waals surface area (Å²) >= 11 is 0. The minimum Gasteiger partial charge on any atom is -0.395 e. The van der Waals surface area contributed by atoms with Crippen LogP contribution in [0.2, 0.25) is 0 Å². The molecule has 0 aromatic rings. The molecule has 0 bridgehead atoms. The molecule has 2 heteroatoms. The summed E-state index contributed by atoms with van der Waals surface area (Å²) in [6, 6.07) is 0. The summed E-state index contributed by atoms with van der Waals surface area (Å²) in [4.78, 5) is 2.60. The van der Waals surface area contributed by atoms with Crippen molar-refractivity contribution in [3.63, 3.8) is 0 Å². The minimum absolute atomic E-state index is 0.299. The van der Waals surface area contributed by atoms with Crippen LogP contribution in [0.5, 0.6) is 0 Å². The monoisotopic (exact) mass is 397 g/mol. The predicted molar refractivity (Wildman–Crippen MR) is 127 cm³/mol. The number of hydrogen-bond acceptors (Lipinski definition) is 2. The number of aliphatic hydroxyl groups excluding tert-OH is 1. The predicted octanol–water partition coefficient (Wildman–Crippen LogP) is 7.55. The summed E-state index contributed by atoms with van der Waals surface area (Å²) < 4.78 is 0. The summed E-state index contributed by atoms with van der Waals surface area (Å²) in [5.74, 6) is 3.35. The van der Waals surface area contributed by atoms with Crippen LogP contribution >= 0.6 is 0 Å². The number of aliphatic hydroxyl groups is 1. The largest absolute Gasteiger partial charge is 0.395 e. The second-order valence-electron chi connectivity index (χ2n) is 9.34. The van der Waals surface area contributed by atoms with Crippen molar-refractivity contribution in [2.24, 2.45) is 23.7 Å². The third-order valence-corrected chi connectivity index (χ3v) is 7.02. The average molecular weight is 398 g/mol. The number of rotatable bonds is 20. The maximum absolute atomic E-state index is 9.65. The lowest BCUT2D eigenvalue weighted by atomic mass is 9.85. The topological polar surface area (TPSA) is 23.5 Å². The highest BCUT2D eigenvalue weighted by Crippen LogP contribution is 2.27. The highest BCUT2D eigenvalue weighted by molar-refractivity contribution is 4.74. The summed E-state index contributed by atoms with van der Waals surface area (Å²) in [5, 5.41) is 9.65. The average Bonchev–Trinajstić information content (AvgIpc) is 2.72. The van der Waals surface area contributed by atoms with Crippen LogP contribution < -0.4 is 0 Å². The Morgan fingerprint density at radius 1 is 0.607 bits per heavy atom. The molecule has 0 fully saturated rings. The van der Waals surface area contributed by atoms with Crippen LogP contribution in [0.1, 0.15) is 119 Å². The van der Waals surface area contributed by atoms with E-state index in [1.807, 2.05) is 0 Å². The first-order valence-corrected chi connectivity index (χ1v) is 12.9. The van der Waals surface area contributed by atoms with Crippen molar-refractivity contribution in [3.05, 3.63) is 0 Å². The van der Waals surface area contributed by atoms with E-state index in [1.54, 1.807) is 0 Å². The number of unbranched alkanes of at least 4 members (excludes halogenated alkanes) is 2. The van der Waals surface area contributed by atoms with Crippen molar-refractivity contribution in [2.75, 3.05) is 26.2 Å². The molecule has 1 N–H and O–H groups in total. The third kappa shape index (κ3) is 13.2. The fraction of sp³-hybridized carbons (Fsp3) is 1.00. The van der Waals surface area contributed by atoms with Gasteiger partial charge in [0.2, 0.25) is 0 Å². The summed E-state index contributed by atoms with van der Waals surface area (Å²) in [6.07, 6.45) is 16.1. The molecule has 0 saturated carbocycles. The smallest absolute Gasteiger partial charge is 0.0558 e. The molecule has 0 spiro atoms. The fourth-order valence-electron chi connectivity index (χ4n) is 4.78. The maximum Gasteiger partial charge on any atom is 0.0558 e. The molecule has 0 aromatic heterocycles. The van der Waals surface area contributed by atoms with E-state index in [0.29, 0.717) is 6.61 Å². The summed E-state index contributed by atoms with van der Waals surface area (Å²) in [5.41, 5.74) is 0. The van der Waals surface area contributed by atoms with Gasteiger partial charge in [0.05, 0.1) is 6.61 Å². The van der Waals surface area contributed by atoms with Crippen LogP contribution in [0, 0.1) is 23.7 Å². The lowest BCUT2D eigenvalue weighted by Crippen LogP contribution is -2.37. The van der Waals surface area contributed by atoms with E-state index >= 15 is 0 Å². The zero-order valence-corrected chi connectivity index (χ0v) is 20.5. The zero-order valence-electron chi connectivity index (χ0n) is 20.5. The normalized spacial score (nSPS) is 16.3. The first-order valence-electron chi connectivity index (χ1n) is 12.9. The van der Waals surface area contributed by atoms with Gasteiger partial charge in [-0.3, -0.25) is 0 Å². The van der Waals surface area contributed by atoms with Gasteiger partial charge in [-0.05, 0) is 36.5 Å². The Kier molecular flexibility index (Phi) is 18.9. The van der Waals surface area contributed by atoms with Crippen LogP contribution in [0.3, 0.4) is 0 Å². The van der Waals surface area contributed by atoms with Crippen molar-refractivity contribution >= 4 is 0 Å². The quantitative estimate of drug-likeness (QED) is 0.229. The van der Waals surface area contributed by atoms with Crippen molar-refractivity contribution in [2.45, 2.75) is 119 Å². The van der Waals surface area contributed by atoms with Gasteiger partial charge in [-0.2, -0.15) is 0 Å². The summed E-state index contributed by atoms with van der Waals surface area (Å²) in [7, 11) is 0. The Morgan fingerprint density at radius 2 is 1.00 bits per heavy atom. The van der Waals surface area contributed by atoms with Crippen molar-refractivity contribution in [3.8, 4) is 0 Å². The number of hydrogen-bond donors (Lipinski definition) is 1. The number of nitrogens with zero attached hydrogens (tertiary/aromatic N) is 1. The molecular weight excluding hydrogens is 342 g/mol. The molecule has 0 rings (SSSR count). The van der Waals surface area contributed by atoms with Gasteiger partial charge >= 0.3 is 0 Å². The van der Waals surface area contributed by atoms with Gasteiger partial charge in [0, 0.05) is 19.6 Å². The minimum atomic E-state index is 0.299. The van der Waals surface area contributed by atoms with E-state index in [9.17, 15) is 5.11 Å². The van der Waals surface area contributed by atoms with Gasteiger partial charge in [0.15, 0.2) is 0 Å². The van der Waals surface area contributed by atoms with Crippen LogP contribution in [0.4, 0.5) is 0 Å². The Hall–Kier alpha value is -0.0800. The van der Waals surface area contributed by atoms with Gasteiger partial charge in [-0.25, -0.2) is 0 Å². The first kappa shape index (κ1) is 27.9. The molecule has 0 aliphatic rings. The van der Waals surface area contributed by atoms with Crippen molar-refractivity contribution < 1.29 is 5.11 Å². The summed E-state index contributed by atoms with van der Waals surface area (Å²) in [6.45, 7) is 17.6. The lowest BCUT2D eigenvalue weighted by Gasteiger charge is -2.32. The van der Waals surface area contributed by atoms with Crippen LogP contribution in [0.25, 0.3) is 0 Å². The molecule has 0 radical (unpaired) electrons. The molecule has 0 aliphatic heterocycles. The van der Waals surface area contributed by atoms with E-state index < -0.39 is 0 Å². The standard InChI is InChI=1S/C26H55NO/c1-7-13-15-23(9-3)19-25(11-5)21-27(17-18-28)22-26(12-6)20-24(10-4)16-14-8-2/h23-26,28H,7-22H2,1-6H3/t23-,24+,25-,26+. The third-order valence-electron chi connectivity index (χ3n) is 7.02. The Balaban J connectivity index is 4.76. The van der Waals surface area contributed by atoms with Gasteiger partial charge in [-0.1, -0.05) is 106 Å². The van der Waals surface area contributed by atoms with E-state index in [1.165, 1.54) is 90.1 Å². The molecule has 170 valence electrons. The second kappa shape index (κ2) is 18.9. The molecule has 0 unspecified atom stereocenters. The Morgan fingerprint density at radius 3 is 1.29 bits per heavy atom. The van der Waals surface area contributed by atoms with Gasteiger partial charge < -0.3 is 10.0 Å². The Labute approximate surface area is 178 Å². The molecule has 2 nitrogen and oxygen atoms in total. The molecule has 0 amide bonds. The lowest BCUT2D eigenvalue weighted by molar-refractivity contribution is 0.133. The molecule has 0 heterocycles. The Bertz CT molecular complexity index is 292. The molecule has 0 aliphatic carbocycles. The molecule has 0 saturated heterocycles. The van der Waals surface area contributed by atoms with Crippen molar-refractivity contribution in [1.82, 2.24) is 4.90 Å². The highest BCUT2D eigenvalue weighted by atomic mass is 16.3.